The van der Waals surface area contributed by atoms with Gasteiger partial charge in [0.1, 0.15) is 5.25 Å². The SMILES string of the molecule is O=C(Nc1cc(C(F)(F)F)ccc1Cl)C(Sc1ccc(NC(=O)C2CC=CCC2C(=O)O)cc1)c1ccccc1. The third-order valence-electron chi connectivity index (χ3n) is 6.35. The number of carbonyl (C=O) groups is 3. The van der Waals surface area contributed by atoms with Crippen molar-refractivity contribution in [2.45, 2.75) is 29.2 Å². The third-order valence-corrected chi connectivity index (χ3v) is 7.95. The Kier molecular flexibility index (Phi) is 9.21. The monoisotopic (exact) mass is 588 g/mol. The molecule has 11 heteroatoms. The molecule has 0 aromatic heterocycles. The summed E-state index contributed by atoms with van der Waals surface area (Å²) in [5, 5.41) is 13.9. The highest BCUT2D eigenvalue weighted by atomic mass is 35.5. The Hall–Kier alpha value is -3.76. The first-order chi connectivity index (χ1) is 19.0. The standard InChI is InChI=1S/C29H24ClF3N2O4S/c30-23-15-10-18(29(31,32)33)16-24(23)35-27(37)25(17-6-2-1-3-7-17)40-20-13-11-19(12-14-20)34-26(36)21-8-4-5-9-22(21)28(38)39/h1-7,10-16,21-22,25H,8-9H2,(H,34,36)(H,35,37)(H,38,39). The van der Waals surface area contributed by atoms with Gasteiger partial charge in [-0.05, 0) is 60.9 Å². The second-order valence-corrected chi connectivity index (χ2v) is 10.7. The Balaban J connectivity index is 1.50. The number of amides is 2. The van der Waals surface area contributed by atoms with Crippen molar-refractivity contribution in [3.63, 3.8) is 0 Å². The zero-order valence-electron chi connectivity index (χ0n) is 20.8. The Morgan fingerprint density at radius 3 is 2.17 bits per heavy atom. The van der Waals surface area contributed by atoms with E-state index in [1.165, 1.54) is 11.8 Å². The number of thioether (sulfide) groups is 1. The van der Waals surface area contributed by atoms with Crippen molar-refractivity contribution in [1.29, 1.82) is 0 Å². The molecule has 0 radical (unpaired) electrons. The molecule has 0 spiro atoms. The molecule has 0 heterocycles. The quantitative estimate of drug-likeness (QED) is 0.188. The first-order valence-electron chi connectivity index (χ1n) is 12.2. The van der Waals surface area contributed by atoms with Crippen molar-refractivity contribution in [2.24, 2.45) is 11.8 Å². The predicted octanol–water partition coefficient (Wildman–Crippen LogP) is 7.44. The molecule has 3 aromatic carbocycles. The van der Waals surface area contributed by atoms with Crippen LogP contribution in [0.5, 0.6) is 0 Å². The number of halogens is 4. The number of hydrogen-bond donors (Lipinski definition) is 3. The largest absolute Gasteiger partial charge is 0.481 e. The number of anilines is 2. The van der Waals surface area contributed by atoms with E-state index < -0.39 is 46.6 Å². The molecule has 3 unspecified atom stereocenters. The highest BCUT2D eigenvalue weighted by molar-refractivity contribution is 8.00. The fourth-order valence-corrected chi connectivity index (χ4v) is 5.45. The Bertz CT molecular complexity index is 1420. The lowest BCUT2D eigenvalue weighted by molar-refractivity contribution is -0.146. The van der Waals surface area contributed by atoms with Crippen molar-refractivity contribution < 1.29 is 32.7 Å². The fraction of sp³-hybridized carbons (Fsp3) is 0.207. The lowest BCUT2D eigenvalue weighted by Gasteiger charge is -2.24. The molecular formula is C29H24ClF3N2O4S. The second kappa shape index (κ2) is 12.6. The maximum absolute atomic E-state index is 13.3. The molecule has 3 N–H and O–H groups in total. The summed E-state index contributed by atoms with van der Waals surface area (Å²) in [5.41, 5.74) is -0.00831. The van der Waals surface area contributed by atoms with Crippen LogP contribution in [-0.4, -0.2) is 22.9 Å². The number of carboxylic acid groups (broad SMARTS) is 1. The molecule has 0 bridgehead atoms. The van der Waals surface area contributed by atoms with Gasteiger partial charge in [0.25, 0.3) is 0 Å². The number of benzene rings is 3. The number of allylic oxidation sites excluding steroid dienone is 2. The first kappa shape index (κ1) is 29.2. The van der Waals surface area contributed by atoms with Crippen molar-refractivity contribution >= 4 is 52.5 Å². The zero-order valence-corrected chi connectivity index (χ0v) is 22.4. The highest BCUT2D eigenvalue weighted by Crippen LogP contribution is 2.39. The average molecular weight is 589 g/mol. The molecule has 0 saturated carbocycles. The van der Waals surface area contributed by atoms with Gasteiger partial charge in [0.05, 0.1) is 28.1 Å². The second-order valence-electron chi connectivity index (χ2n) is 9.10. The number of aliphatic carboxylic acids is 1. The fourth-order valence-electron chi connectivity index (χ4n) is 4.26. The number of rotatable bonds is 8. The van der Waals surface area contributed by atoms with E-state index in [0.29, 0.717) is 22.6 Å². The number of nitrogens with one attached hydrogen (secondary N) is 2. The van der Waals surface area contributed by atoms with E-state index in [1.54, 1.807) is 66.7 Å². The minimum atomic E-state index is -4.60. The summed E-state index contributed by atoms with van der Waals surface area (Å²) in [6.45, 7) is 0. The summed E-state index contributed by atoms with van der Waals surface area (Å²) >= 11 is 7.25. The zero-order chi connectivity index (χ0) is 28.9. The molecule has 0 fully saturated rings. The van der Waals surface area contributed by atoms with E-state index in [1.807, 2.05) is 0 Å². The summed E-state index contributed by atoms with van der Waals surface area (Å²) in [6.07, 6.45) is -0.422. The van der Waals surface area contributed by atoms with Gasteiger partial charge in [-0.2, -0.15) is 13.2 Å². The van der Waals surface area contributed by atoms with Gasteiger partial charge in [0.15, 0.2) is 0 Å². The molecule has 0 aliphatic heterocycles. The first-order valence-corrected chi connectivity index (χ1v) is 13.5. The van der Waals surface area contributed by atoms with E-state index in [-0.39, 0.29) is 17.1 Å². The third kappa shape index (κ3) is 7.25. The molecule has 1 aliphatic carbocycles. The van der Waals surface area contributed by atoms with Crippen LogP contribution < -0.4 is 10.6 Å². The van der Waals surface area contributed by atoms with Crippen LogP contribution in [0.4, 0.5) is 24.5 Å². The molecule has 1 aliphatic rings. The number of carbonyl (C=O) groups excluding carboxylic acids is 2. The van der Waals surface area contributed by atoms with Gasteiger partial charge < -0.3 is 15.7 Å². The van der Waals surface area contributed by atoms with Crippen molar-refractivity contribution in [3.05, 3.63) is 101 Å². The molecule has 3 atom stereocenters. The van der Waals surface area contributed by atoms with E-state index in [9.17, 15) is 32.7 Å². The summed E-state index contributed by atoms with van der Waals surface area (Å²) in [6, 6.07) is 18.1. The van der Waals surface area contributed by atoms with Crippen LogP contribution >= 0.6 is 23.4 Å². The van der Waals surface area contributed by atoms with E-state index in [0.717, 1.165) is 18.2 Å². The lowest BCUT2D eigenvalue weighted by atomic mass is 9.82. The van der Waals surface area contributed by atoms with Crippen LogP contribution in [0.1, 0.15) is 29.2 Å². The van der Waals surface area contributed by atoms with Crippen LogP contribution in [-0.2, 0) is 20.6 Å². The normalized spacial score (nSPS) is 17.6. The Morgan fingerprint density at radius 2 is 1.55 bits per heavy atom. The topological polar surface area (TPSA) is 95.5 Å². The molecule has 208 valence electrons. The van der Waals surface area contributed by atoms with Crippen LogP contribution in [0.3, 0.4) is 0 Å². The summed E-state index contributed by atoms with van der Waals surface area (Å²) < 4.78 is 39.6. The molecule has 3 aromatic rings. The van der Waals surface area contributed by atoms with Crippen molar-refractivity contribution in [3.8, 4) is 0 Å². The van der Waals surface area contributed by atoms with Gasteiger partial charge in [0.2, 0.25) is 11.8 Å². The van der Waals surface area contributed by atoms with Crippen LogP contribution in [0.2, 0.25) is 5.02 Å². The maximum atomic E-state index is 13.3. The van der Waals surface area contributed by atoms with Crippen LogP contribution in [0, 0.1) is 11.8 Å². The molecular weight excluding hydrogens is 565 g/mol. The summed E-state index contributed by atoms with van der Waals surface area (Å²) in [4.78, 5) is 38.3. The number of carboxylic acids is 1. The lowest BCUT2D eigenvalue weighted by Crippen LogP contribution is -2.34. The highest BCUT2D eigenvalue weighted by Gasteiger charge is 2.34. The molecule has 6 nitrogen and oxygen atoms in total. The van der Waals surface area contributed by atoms with Gasteiger partial charge in [-0.25, -0.2) is 0 Å². The maximum Gasteiger partial charge on any atom is 0.416 e. The van der Waals surface area contributed by atoms with Gasteiger partial charge in [-0.3, -0.25) is 14.4 Å². The summed E-state index contributed by atoms with van der Waals surface area (Å²) in [5.74, 6) is -3.47. The number of hydrogen-bond acceptors (Lipinski definition) is 4. The van der Waals surface area contributed by atoms with Crippen LogP contribution in [0.15, 0.2) is 89.8 Å². The predicted molar refractivity (Wildman–Crippen MR) is 148 cm³/mol. The van der Waals surface area contributed by atoms with Crippen molar-refractivity contribution in [2.75, 3.05) is 10.6 Å². The minimum Gasteiger partial charge on any atom is -0.481 e. The Morgan fingerprint density at radius 1 is 0.900 bits per heavy atom. The average Bonchev–Trinajstić information content (AvgIpc) is 2.93. The minimum absolute atomic E-state index is 0.0307. The Labute approximate surface area is 237 Å². The smallest absolute Gasteiger partial charge is 0.416 e. The summed E-state index contributed by atoms with van der Waals surface area (Å²) in [7, 11) is 0. The molecule has 4 rings (SSSR count). The van der Waals surface area contributed by atoms with Crippen molar-refractivity contribution in [1.82, 2.24) is 0 Å². The van der Waals surface area contributed by atoms with Gasteiger partial charge >= 0.3 is 12.1 Å². The molecule has 40 heavy (non-hydrogen) atoms. The van der Waals surface area contributed by atoms with Gasteiger partial charge in [0, 0.05) is 10.6 Å². The number of alkyl halides is 3. The van der Waals surface area contributed by atoms with E-state index >= 15 is 0 Å². The molecule has 2 amide bonds. The van der Waals surface area contributed by atoms with Crippen LogP contribution in [0.25, 0.3) is 0 Å². The van der Waals surface area contributed by atoms with E-state index in [2.05, 4.69) is 10.6 Å². The van der Waals surface area contributed by atoms with Gasteiger partial charge in [-0.1, -0.05) is 54.1 Å². The molecule has 0 saturated heterocycles. The van der Waals surface area contributed by atoms with E-state index in [4.69, 9.17) is 11.6 Å². The van der Waals surface area contributed by atoms with Gasteiger partial charge in [-0.15, -0.1) is 11.8 Å².